The van der Waals surface area contributed by atoms with Crippen LogP contribution in [0.4, 0.5) is 13.2 Å². The van der Waals surface area contributed by atoms with Gasteiger partial charge in [-0.15, -0.1) is 11.3 Å². The Labute approximate surface area is 126 Å². The number of benzene rings is 1. The Morgan fingerprint density at radius 2 is 2.10 bits per heavy atom. The molecule has 3 nitrogen and oxygen atoms in total. The second kappa shape index (κ2) is 5.80. The molecule has 3 N–H and O–H groups in total. The molecule has 1 aromatic heterocycles. The van der Waals surface area contributed by atoms with Crippen LogP contribution >= 0.6 is 27.3 Å². The van der Waals surface area contributed by atoms with Gasteiger partial charge >= 0.3 is 6.18 Å². The van der Waals surface area contributed by atoms with Crippen LogP contribution in [-0.4, -0.2) is 4.98 Å². The van der Waals surface area contributed by atoms with Crippen LogP contribution in [0.5, 0.6) is 0 Å². The van der Waals surface area contributed by atoms with Gasteiger partial charge in [0.05, 0.1) is 6.04 Å². The van der Waals surface area contributed by atoms with Gasteiger partial charge in [0.1, 0.15) is 0 Å². The van der Waals surface area contributed by atoms with Crippen molar-refractivity contribution in [3.8, 4) is 0 Å². The molecule has 0 saturated heterocycles. The molecule has 1 aromatic carbocycles. The van der Waals surface area contributed by atoms with Crippen molar-refractivity contribution in [2.45, 2.75) is 19.1 Å². The number of nitrogens with one attached hydrogen (secondary N) is 1. The molecule has 0 amide bonds. The van der Waals surface area contributed by atoms with Crippen LogP contribution in [0.1, 0.15) is 27.1 Å². The molecule has 2 aromatic rings. The lowest BCUT2D eigenvalue weighted by Gasteiger charge is -2.15. The first-order chi connectivity index (χ1) is 9.32. The maximum Gasteiger partial charge on any atom is 0.443 e. The van der Waals surface area contributed by atoms with Gasteiger partial charge < -0.3 is 0 Å². The summed E-state index contributed by atoms with van der Waals surface area (Å²) in [7, 11) is 0. The minimum Gasteiger partial charge on any atom is -0.271 e. The van der Waals surface area contributed by atoms with Gasteiger partial charge in [-0.2, -0.15) is 13.2 Å². The van der Waals surface area contributed by atoms with E-state index in [1.807, 2.05) is 25.1 Å². The highest BCUT2D eigenvalue weighted by molar-refractivity contribution is 9.10. The first kappa shape index (κ1) is 15.4. The van der Waals surface area contributed by atoms with E-state index in [1.54, 1.807) is 0 Å². The Kier molecular flexibility index (Phi) is 4.48. The zero-order chi connectivity index (χ0) is 14.9. The Balaban J connectivity index is 2.37. The van der Waals surface area contributed by atoms with E-state index < -0.39 is 17.2 Å². The van der Waals surface area contributed by atoms with Crippen molar-refractivity contribution in [1.82, 2.24) is 10.4 Å². The van der Waals surface area contributed by atoms with Crippen LogP contribution in [0.2, 0.25) is 0 Å². The van der Waals surface area contributed by atoms with Crippen LogP contribution in [0.25, 0.3) is 0 Å². The van der Waals surface area contributed by atoms with E-state index in [0.29, 0.717) is 16.2 Å². The molecule has 0 aliphatic rings. The summed E-state index contributed by atoms with van der Waals surface area (Å²) in [4.78, 5) is 3.82. The summed E-state index contributed by atoms with van der Waals surface area (Å²) in [5.41, 5.74) is 4.33. The molecule has 8 heteroatoms. The van der Waals surface area contributed by atoms with Crippen LogP contribution in [0, 0.1) is 6.92 Å². The fourth-order valence-electron chi connectivity index (χ4n) is 1.68. The number of aromatic nitrogens is 1. The Hall–Kier alpha value is -0.960. The minimum atomic E-state index is -4.43. The number of hydrogen-bond donors (Lipinski definition) is 2. The zero-order valence-electron chi connectivity index (χ0n) is 10.3. The summed E-state index contributed by atoms with van der Waals surface area (Å²) < 4.78 is 38.6. The number of rotatable bonds is 3. The van der Waals surface area contributed by atoms with Crippen LogP contribution in [0.3, 0.4) is 0 Å². The molecular formula is C12H11BrF3N3S. The Bertz CT molecular complexity index is 612. The highest BCUT2D eigenvalue weighted by Gasteiger charge is 2.35. The standard InChI is InChI=1S/C12H11BrF3N3S/c1-6-2-3-7(4-8(6)13)10(19-17)9-5-18-11(20-9)12(14,15)16/h2-5,10,19H,17H2,1H3. The maximum atomic E-state index is 12.6. The van der Waals surface area contributed by atoms with Crippen molar-refractivity contribution in [3.63, 3.8) is 0 Å². The van der Waals surface area contributed by atoms with Crippen LogP contribution < -0.4 is 11.3 Å². The van der Waals surface area contributed by atoms with Crippen molar-refractivity contribution < 1.29 is 13.2 Å². The summed E-state index contributed by atoms with van der Waals surface area (Å²) >= 11 is 3.98. The van der Waals surface area contributed by atoms with Gasteiger partial charge in [-0.3, -0.25) is 5.84 Å². The number of nitrogens with zero attached hydrogens (tertiary/aromatic N) is 1. The Morgan fingerprint density at radius 1 is 1.40 bits per heavy atom. The monoisotopic (exact) mass is 365 g/mol. The molecule has 1 unspecified atom stereocenters. The van der Waals surface area contributed by atoms with Gasteiger partial charge in [-0.1, -0.05) is 28.1 Å². The topological polar surface area (TPSA) is 50.9 Å². The largest absolute Gasteiger partial charge is 0.443 e. The van der Waals surface area contributed by atoms with E-state index >= 15 is 0 Å². The Morgan fingerprint density at radius 3 is 2.60 bits per heavy atom. The summed E-state index contributed by atoms with van der Waals surface area (Å²) in [6.07, 6.45) is -3.23. The predicted octanol–water partition coefficient (Wildman–Crippen LogP) is 3.79. The van der Waals surface area contributed by atoms with Gasteiger partial charge in [0.25, 0.3) is 0 Å². The fourth-order valence-corrected chi connectivity index (χ4v) is 2.95. The van der Waals surface area contributed by atoms with E-state index in [4.69, 9.17) is 5.84 Å². The van der Waals surface area contributed by atoms with E-state index in [-0.39, 0.29) is 0 Å². The highest BCUT2D eigenvalue weighted by atomic mass is 79.9. The second-order valence-electron chi connectivity index (χ2n) is 4.17. The van der Waals surface area contributed by atoms with E-state index in [0.717, 1.165) is 15.6 Å². The number of nitrogens with two attached hydrogens (primary N) is 1. The molecule has 1 heterocycles. The lowest BCUT2D eigenvalue weighted by molar-refractivity contribution is -0.137. The molecule has 20 heavy (non-hydrogen) atoms. The summed E-state index contributed by atoms with van der Waals surface area (Å²) in [6.45, 7) is 1.92. The highest BCUT2D eigenvalue weighted by Crippen LogP contribution is 2.36. The molecule has 108 valence electrons. The van der Waals surface area contributed by atoms with Gasteiger partial charge in [-0.05, 0) is 24.1 Å². The number of hydrogen-bond acceptors (Lipinski definition) is 4. The molecule has 2 rings (SSSR count). The minimum absolute atomic E-state index is 0.413. The fraction of sp³-hybridized carbons (Fsp3) is 0.250. The molecule has 0 aliphatic heterocycles. The van der Waals surface area contributed by atoms with Gasteiger partial charge in [0.2, 0.25) is 0 Å². The average molecular weight is 366 g/mol. The zero-order valence-corrected chi connectivity index (χ0v) is 12.7. The molecule has 1 atom stereocenters. The predicted molar refractivity (Wildman–Crippen MR) is 75.2 cm³/mol. The molecular weight excluding hydrogens is 355 g/mol. The molecule has 0 saturated carbocycles. The number of halogens is 4. The molecule has 0 aliphatic carbocycles. The molecule has 0 fully saturated rings. The molecule has 0 radical (unpaired) electrons. The van der Waals surface area contributed by atoms with Crippen LogP contribution in [0.15, 0.2) is 28.9 Å². The lowest BCUT2D eigenvalue weighted by Crippen LogP contribution is -2.28. The lowest BCUT2D eigenvalue weighted by atomic mass is 10.0. The average Bonchev–Trinajstić information content (AvgIpc) is 2.84. The van der Waals surface area contributed by atoms with Crippen molar-refractivity contribution >= 4 is 27.3 Å². The van der Waals surface area contributed by atoms with Gasteiger partial charge in [0.15, 0.2) is 5.01 Å². The third-order valence-corrected chi connectivity index (χ3v) is 4.71. The number of hydrazine groups is 1. The molecule has 0 bridgehead atoms. The van der Waals surface area contributed by atoms with E-state index in [1.165, 1.54) is 6.20 Å². The van der Waals surface area contributed by atoms with Crippen molar-refractivity contribution in [1.29, 1.82) is 0 Å². The van der Waals surface area contributed by atoms with Crippen LogP contribution in [-0.2, 0) is 6.18 Å². The van der Waals surface area contributed by atoms with Gasteiger partial charge in [-0.25, -0.2) is 10.4 Å². The van der Waals surface area contributed by atoms with E-state index in [9.17, 15) is 13.2 Å². The van der Waals surface area contributed by atoms with Crippen molar-refractivity contribution in [3.05, 3.63) is 49.9 Å². The van der Waals surface area contributed by atoms with Crippen molar-refractivity contribution in [2.75, 3.05) is 0 Å². The SMILES string of the molecule is Cc1ccc(C(NN)c2cnc(C(F)(F)F)s2)cc1Br. The first-order valence-electron chi connectivity index (χ1n) is 5.58. The van der Waals surface area contributed by atoms with E-state index in [2.05, 4.69) is 26.3 Å². The number of alkyl halides is 3. The van der Waals surface area contributed by atoms with Crippen molar-refractivity contribution in [2.24, 2.45) is 5.84 Å². The summed E-state index contributed by atoms with van der Waals surface area (Å²) in [5, 5.41) is -0.876. The normalized spacial score (nSPS) is 13.5. The van der Waals surface area contributed by atoms with Gasteiger partial charge in [0, 0.05) is 15.5 Å². The summed E-state index contributed by atoms with van der Waals surface area (Å²) in [5.74, 6) is 5.48. The second-order valence-corrected chi connectivity index (χ2v) is 6.09. The summed E-state index contributed by atoms with van der Waals surface area (Å²) in [6, 6.07) is 4.99. The third kappa shape index (κ3) is 3.20. The third-order valence-electron chi connectivity index (χ3n) is 2.75. The first-order valence-corrected chi connectivity index (χ1v) is 7.19. The quantitative estimate of drug-likeness (QED) is 0.642. The smallest absolute Gasteiger partial charge is 0.271 e. The number of aryl methyl sites for hydroxylation is 1. The maximum absolute atomic E-state index is 12.6. The number of thiazole rings is 1. The molecule has 0 spiro atoms.